The highest BCUT2D eigenvalue weighted by Crippen LogP contribution is 2.10. The predicted molar refractivity (Wildman–Crippen MR) is 49.4 cm³/mol. The van der Waals surface area contributed by atoms with Crippen LogP contribution in [0.1, 0.15) is 15.9 Å². The zero-order valence-corrected chi connectivity index (χ0v) is 7.23. The molecule has 0 heterocycles. The van der Waals surface area contributed by atoms with Gasteiger partial charge in [0.15, 0.2) is 0 Å². The first-order valence-corrected chi connectivity index (χ1v) is 3.77. The summed E-state index contributed by atoms with van der Waals surface area (Å²) in [5.74, 6) is -0.934. The molecule has 0 aliphatic carbocycles. The molecule has 3 nitrogen and oxygen atoms in total. The van der Waals surface area contributed by atoms with Gasteiger partial charge in [-0.25, -0.2) is 4.79 Å². The number of hydrogen-bond donors (Lipinski definition) is 1. The van der Waals surface area contributed by atoms with E-state index in [9.17, 15) is 4.79 Å². The maximum Gasteiger partial charge on any atom is 0.336 e. The van der Waals surface area contributed by atoms with E-state index in [-0.39, 0.29) is 5.56 Å². The van der Waals surface area contributed by atoms with Crippen molar-refractivity contribution >= 4 is 12.0 Å². The smallest absolute Gasteiger partial charge is 0.336 e. The van der Waals surface area contributed by atoms with Gasteiger partial charge in [0.25, 0.3) is 0 Å². The van der Waals surface area contributed by atoms with Crippen LogP contribution in [0.4, 0.5) is 0 Å². The summed E-state index contributed by atoms with van der Waals surface area (Å²) in [6, 6.07) is 6.74. The SMILES string of the molecule is CO/C=C/c1ccccc1C(=O)O. The van der Waals surface area contributed by atoms with E-state index >= 15 is 0 Å². The lowest BCUT2D eigenvalue weighted by molar-refractivity contribution is 0.0696. The molecule has 0 aromatic heterocycles. The molecule has 68 valence electrons. The maximum absolute atomic E-state index is 10.7. The summed E-state index contributed by atoms with van der Waals surface area (Å²) in [6.07, 6.45) is 3.06. The molecule has 0 unspecified atom stereocenters. The summed E-state index contributed by atoms with van der Waals surface area (Å²) in [6.45, 7) is 0. The Hall–Kier alpha value is -1.77. The number of aromatic carboxylic acids is 1. The highest BCUT2D eigenvalue weighted by molar-refractivity contribution is 5.91. The highest BCUT2D eigenvalue weighted by atomic mass is 16.5. The van der Waals surface area contributed by atoms with Gasteiger partial charge in [0, 0.05) is 0 Å². The van der Waals surface area contributed by atoms with Crippen LogP contribution in [0.3, 0.4) is 0 Å². The number of carboxylic acids is 1. The second-order valence-corrected chi connectivity index (χ2v) is 2.43. The van der Waals surface area contributed by atoms with Crippen molar-refractivity contribution in [2.24, 2.45) is 0 Å². The fraction of sp³-hybridized carbons (Fsp3) is 0.100. The first kappa shape index (κ1) is 9.32. The monoisotopic (exact) mass is 178 g/mol. The first-order chi connectivity index (χ1) is 6.25. The third-order valence-corrected chi connectivity index (χ3v) is 1.57. The van der Waals surface area contributed by atoms with Crippen molar-refractivity contribution in [2.75, 3.05) is 7.11 Å². The topological polar surface area (TPSA) is 46.5 Å². The van der Waals surface area contributed by atoms with Crippen molar-refractivity contribution in [3.8, 4) is 0 Å². The van der Waals surface area contributed by atoms with Crippen molar-refractivity contribution in [3.05, 3.63) is 41.7 Å². The molecule has 0 spiro atoms. The van der Waals surface area contributed by atoms with Gasteiger partial charge in [-0.05, 0) is 17.7 Å². The van der Waals surface area contributed by atoms with Crippen molar-refractivity contribution in [1.29, 1.82) is 0 Å². The normalized spacial score (nSPS) is 10.2. The molecule has 1 aromatic carbocycles. The van der Waals surface area contributed by atoms with E-state index in [0.717, 1.165) is 0 Å². The number of rotatable bonds is 3. The Balaban J connectivity index is 3.05. The molecule has 0 aliphatic heterocycles. The minimum atomic E-state index is -0.934. The standard InChI is InChI=1S/C10H10O3/c1-13-7-6-8-4-2-3-5-9(8)10(11)12/h2-7H,1H3,(H,11,12)/b7-6+. The van der Waals surface area contributed by atoms with Crippen molar-refractivity contribution in [1.82, 2.24) is 0 Å². The van der Waals surface area contributed by atoms with Gasteiger partial charge in [-0.2, -0.15) is 0 Å². The number of hydrogen-bond acceptors (Lipinski definition) is 2. The van der Waals surface area contributed by atoms with Gasteiger partial charge in [-0.3, -0.25) is 0 Å². The molecule has 0 saturated carbocycles. The Kier molecular flexibility index (Phi) is 3.09. The van der Waals surface area contributed by atoms with E-state index in [4.69, 9.17) is 9.84 Å². The largest absolute Gasteiger partial charge is 0.504 e. The second kappa shape index (κ2) is 4.30. The molecule has 1 rings (SSSR count). The van der Waals surface area contributed by atoms with Crippen LogP contribution in [0.2, 0.25) is 0 Å². The zero-order valence-electron chi connectivity index (χ0n) is 7.23. The van der Waals surface area contributed by atoms with Crippen molar-refractivity contribution in [2.45, 2.75) is 0 Å². The zero-order chi connectivity index (χ0) is 9.68. The Labute approximate surface area is 76.3 Å². The molecular formula is C10H10O3. The molecule has 1 N–H and O–H groups in total. The molecule has 0 amide bonds. The fourth-order valence-electron chi connectivity index (χ4n) is 0.978. The Morgan fingerprint density at radius 3 is 2.77 bits per heavy atom. The lowest BCUT2D eigenvalue weighted by atomic mass is 10.1. The number of benzene rings is 1. The molecule has 13 heavy (non-hydrogen) atoms. The summed E-state index contributed by atoms with van der Waals surface area (Å²) in [5, 5.41) is 8.79. The van der Waals surface area contributed by atoms with Crippen molar-refractivity contribution in [3.63, 3.8) is 0 Å². The number of methoxy groups -OCH3 is 1. The van der Waals surface area contributed by atoms with Gasteiger partial charge in [-0.15, -0.1) is 0 Å². The van der Waals surface area contributed by atoms with E-state index in [1.165, 1.54) is 13.4 Å². The van der Waals surface area contributed by atoms with Gasteiger partial charge in [0.2, 0.25) is 0 Å². The van der Waals surface area contributed by atoms with Gasteiger partial charge in [0.1, 0.15) is 0 Å². The van der Waals surface area contributed by atoms with E-state index in [0.29, 0.717) is 5.56 Å². The van der Waals surface area contributed by atoms with E-state index in [1.54, 1.807) is 30.3 Å². The van der Waals surface area contributed by atoms with Crippen LogP contribution in [0.15, 0.2) is 30.5 Å². The Morgan fingerprint density at radius 1 is 1.46 bits per heavy atom. The average molecular weight is 178 g/mol. The number of carbonyl (C=O) groups is 1. The third kappa shape index (κ3) is 2.33. The summed E-state index contributed by atoms with van der Waals surface area (Å²) in [4.78, 5) is 10.7. The molecule has 0 fully saturated rings. The van der Waals surface area contributed by atoms with Crippen LogP contribution in [0, 0.1) is 0 Å². The lowest BCUT2D eigenvalue weighted by Crippen LogP contribution is -1.98. The summed E-state index contributed by atoms with van der Waals surface area (Å²) < 4.78 is 4.71. The van der Waals surface area contributed by atoms with Gasteiger partial charge in [0.05, 0.1) is 18.9 Å². The lowest BCUT2D eigenvalue weighted by Gasteiger charge is -1.98. The molecule has 0 aliphatic rings. The highest BCUT2D eigenvalue weighted by Gasteiger charge is 2.05. The van der Waals surface area contributed by atoms with E-state index < -0.39 is 5.97 Å². The fourth-order valence-corrected chi connectivity index (χ4v) is 0.978. The first-order valence-electron chi connectivity index (χ1n) is 3.77. The Bertz CT molecular complexity index is 329. The molecule has 0 atom stereocenters. The van der Waals surface area contributed by atoms with Crippen molar-refractivity contribution < 1.29 is 14.6 Å². The molecular weight excluding hydrogens is 168 g/mol. The minimum absolute atomic E-state index is 0.274. The molecule has 1 aromatic rings. The number of ether oxygens (including phenoxy) is 1. The predicted octanol–water partition coefficient (Wildman–Crippen LogP) is 2.00. The molecule has 0 radical (unpaired) electrons. The number of carboxylic acid groups (broad SMARTS) is 1. The van der Waals surface area contributed by atoms with E-state index in [1.807, 2.05) is 0 Å². The molecule has 0 saturated heterocycles. The van der Waals surface area contributed by atoms with E-state index in [2.05, 4.69) is 0 Å². The summed E-state index contributed by atoms with van der Waals surface area (Å²) in [7, 11) is 1.51. The molecule has 3 heteroatoms. The van der Waals surface area contributed by atoms with Crippen LogP contribution >= 0.6 is 0 Å². The average Bonchev–Trinajstić information content (AvgIpc) is 2.15. The quantitative estimate of drug-likeness (QED) is 0.720. The van der Waals surface area contributed by atoms with Crippen LogP contribution in [0.5, 0.6) is 0 Å². The molecule has 0 bridgehead atoms. The van der Waals surface area contributed by atoms with Gasteiger partial charge in [-0.1, -0.05) is 18.2 Å². The summed E-state index contributed by atoms with van der Waals surface area (Å²) >= 11 is 0. The van der Waals surface area contributed by atoms with Gasteiger partial charge >= 0.3 is 5.97 Å². The third-order valence-electron chi connectivity index (χ3n) is 1.57. The maximum atomic E-state index is 10.7. The van der Waals surface area contributed by atoms with Crippen LogP contribution < -0.4 is 0 Å². The summed E-state index contributed by atoms with van der Waals surface area (Å²) in [5.41, 5.74) is 0.910. The van der Waals surface area contributed by atoms with Crippen LogP contribution in [-0.4, -0.2) is 18.2 Å². The minimum Gasteiger partial charge on any atom is -0.504 e. The van der Waals surface area contributed by atoms with Crippen LogP contribution in [0.25, 0.3) is 6.08 Å². The van der Waals surface area contributed by atoms with Gasteiger partial charge < -0.3 is 9.84 Å². The second-order valence-electron chi connectivity index (χ2n) is 2.43. The Morgan fingerprint density at radius 2 is 2.15 bits per heavy atom. The van der Waals surface area contributed by atoms with Crippen LogP contribution in [-0.2, 0) is 4.74 Å².